The van der Waals surface area contributed by atoms with Gasteiger partial charge >= 0.3 is 0 Å². The van der Waals surface area contributed by atoms with E-state index >= 15 is 0 Å². The molecule has 0 saturated heterocycles. The number of hydrazone groups is 1. The third kappa shape index (κ3) is 3.84. The van der Waals surface area contributed by atoms with E-state index in [9.17, 15) is 4.79 Å². The van der Waals surface area contributed by atoms with Gasteiger partial charge in [-0.05, 0) is 22.4 Å². The number of nitrogen functional groups attached to an aromatic ring is 1. The lowest BCUT2D eigenvalue weighted by molar-refractivity contribution is 0.0949. The van der Waals surface area contributed by atoms with Gasteiger partial charge < -0.3 is 14.7 Å². The van der Waals surface area contributed by atoms with Gasteiger partial charge in [0, 0.05) is 12.8 Å². The van der Waals surface area contributed by atoms with Crippen molar-refractivity contribution < 1.29 is 13.8 Å². The molecule has 0 spiro atoms. The molecule has 15 heteroatoms. The van der Waals surface area contributed by atoms with E-state index in [0.29, 0.717) is 16.6 Å². The number of aromatic nitrogens is 8. The van der Waals surface area contributed by atoms with Gasteiger partial charge in [0.15, 0.2) is 10.9 Å². The molecule has 4 rings (SSSR count). The first-order valence-electron chi connectivity index (χ1n) is 8.00. The highest BCUT2D eigenvalue weighted by Gasteiger charge is 2.24. The molecule has 3 N–H and O–H groups in total. The fraction of sp³-hybridized carbons (Fsp3) is 0.143. The maximum absolute atomic E-state index is 12.6. The maximum Gasteiger partial charge on any atom is 0.293 e. The zero-order valence-corrected chi connectivity index (χ0v) is 15.6. The van der Waals surface area contributed by atoms with Crippen LogP contribution in [0.25, 0.3) is 5.82 Å². The van der Waals surface area contributed by atoms with Crippen LogP contribution in [0.1, 0.15) is 21.9 Å². The fourth-order valence-corrected chi connectivity index (χ4v) is 3.10. The zero-order chi connectivity index (χ0) is 20.2. The lowest BCUT2D eigenvalue weighted by Crippen LogP contribution is -2.20. The van der Waals surface area contributed by atoms with Gasteiger partial charge in [-0.3, -0.25) is 4.79 Å². The maximum atomic E-state index is 12.6. The first-order valence-corrected chi connectivity index (χ1v) is 8.98. The Hall–Kier alpha value is -4.01. The molecule has 29 heavy (non-hydrogen) atoms. The van der Waals surface area contributed by atoms with Gasteiger partial charge in [0.2, 0.25) is 11.6 Å². The topological polar surface area (TPSA) is 181 Å². The Kier molecular flexibility index (Phi) is 5.02. The van der Waals surface area contributed by atoms with Crippen LogP contribution >= 0.6 is 11.8 Å². The smallest absolute Gasteiger partial charge is 0.293 e. The molecule has 0 fully saturated rings. The van der Waals surface area contributed by atoms with E-state index < -0.39 is 5.91 Å². The third-order valence-electron chi connectivity index (χ3n) is 3.58. The van der Waals surface area contributed by atoms with Crippen LogP contribution in [0.3, 0.4) is 0 Å². The van der Waals surface area contributed by atoms with Crippen molar-refractivity contribution in [2.75, 3.05) is 5.73 Å². The average molecular weight is 415 g/mol. The number of hydrogen-bond donors (Lipinski definition) is 2. The minimum atomic E-state index is -0.581. The van der Waals surface area contributed by atoms with Gasteiger partial charge in [0.05, 0.1) is 18.2 Å². The van der Waals surface area contributed by atoms with Crippen LogP contribution in [0.2, 0.25) is 0 Å². The van der Waals surface area contributed by atoms with E-state index in [1.807, 2.05) is 0 Å². The number of amides is 1. The predicted octanol–water partition coefficient (Wildman–Crippen LogP) is 0.0102. The first-order chi connectivity index (χ1) is 14.1. The van der Waals surface area contributed by atoms with Crippen LogP contribution in [-0.4, -0.2) is 52.2 Å². The summed E-state index contributed by atoms with van der Waals surface area (Å²) in [5, 5.41) is 27.4. The zero-order valence-electron chi connectivity index (χ0n) is 14.8. The molecular formula is C14H13N11O3S. The summed E-state index contributed by atoms with van der Waals surface area (Å²) in [5.41, 5.74) is 8.55. The molecule has 0 aliphatic rings. The minimum Gasteiger partial charge on any atom is -0.463 e. The van der Waals surface area contributed by atoms with E-state index in [-0.39, 0.29) is 23.1 Å². The summed E-state index contributed by atoms with van der Waals surface area (Å²) >= 11 is 1.32. The summed E-state index contributed by atoms with van der Waals surface area (Å²) in [6, 6.07) is 3.39. The molecule has 0 aromatic carbocycles. The molecule has 0 radical (unpaired) electrons. The second-order valence-electron chi connectivity index (χ2n) is 5.50. The molecule has 4 aromatic heterocycles. The molecule has 14 nitrogen and oxygen atoms in total. The second kappa shape index (κ2) is 7.93. The Bertz CT molecular complexity index is 1140. The molecule has 0 atom stereocenters. The van der Waals surface area contributed by atoms with Gasteiger partial charge in [0.1, 0.15) is 12.1 Å². The first kappa shape index (κ1) is 18.4. The highest BCUT2D eigenvalue weighted by Crippen LogP contribution is 2.24. The number of aryl methyl sites for hydroxylation is 1. The Morgan fingerprint density at radius 3 is 3.00 bits per heavy atom. The molecule has 4 aromatic rings. The number of nitrogens with zero attached hydrogens (tertiary/aromatic N) is 9. The highest BCUT2D eigenvalue weighted by atomic mass is 32.2. The number of rotatable bonds is 7. The van der Waals surface area contributed by atoms with Crippen molar-refractivity contribution in [2.45, 2.75) is 10.9 Å². The lowest BCUT2D eigenvalue weighted by Gasteiger charge is -2.05. The normalized spacial score (nSPS) is 11.3. The highest BCUT2D eigenvalue weighted by molar-refractivity contribution is 7.98. The second-order valence-corrected chi connectivity index (χ2v) is 6.44. The van der Waals surface area contributed by atoms with Crippen molar-refractivity contribution >= 4 is 29.7 Å². The predicted molar refractivity (Wildman–Crippen MR) is 98.0 cm³/mol. The summed E-state index contributed by atoms with van der Waals surface area (Å²) in [6.07, 6.45) is 4.41. The summed E-state index contributed by atoms with van der Waals surface area (Å²) in [7, 11) is 1.80. The Labute approximate surface area is 166 Å². The number of thioether (sulfide) groups is 1. The van der Waals surface area contributed by atoms with E-state index in [0.717, 1.165) is 0 Å². The number of furan rings is 1. The minimum absolute atomic E-state index is 0.00241. The van der Waals surface area contributed by atoms with Crippen molar-refractivity contribution in [3.63, 3.8) is 0 Å². The largest absolute Gasteiger partial charge is 0.463 e. The van der Waals surface area contributed by atoms with Crippen LogP contribution in [0, 0.1) is 0 Å². The van der Waals surface area contributed by atoms with Crippen molar-refractivity contribution in [1.29, 1.82) is 0 Å². The van der Waals surface area contributed by atoms with E-state index in [1.54, 1.807) is 30.1 Å². The number of nitrogens with one attached hydrogen (secondary N) is 1. The quantitative estimate of drug-likeness (QED) is 0.236. The average Bonchev–Trinajstić information content (AvgIpc) is 3.48. The van der Waals surface area contributed by atoms with Crippen molar-refractivity contribution in [3.05, 3.63) is 41.9 Å². The number of hydrogen-bond acceptors (Lipinski definition) is 12. The van der Waals surface area contributed by atoms with Crippen LogP contribution in [0.4, 0.5) is 5.82 Å². The van der Waals surface area contributed by atoms with Crippen molar-refractivity contribution in [2.24, 2.45) is 12.1 Å². The molecule has 4 heterocycles. The third-order valence-corrected chi connectivity index (χ3v) is 4.63. The SMILES string of the molecule is Cn1cnnc1SCc1c(C(=O)NN=Cc2ccco2)nnn1-c1nonc1N. The molecule has 0 aliphatic carbocycles. The standard InChI is InChI=1S/C14H13N11O3S/c1-24-7-17-20-14(24)29-6-9-10(13(26)19-16-5-8-3-2-4-27-8)18-23-25(9)12-11(15)21-28-22-12/h2-5,7H,6H2,1H3,(H2,15,21)(H,19,26). The van der Waals surface area contributed by atoms with E-state index in [4.69, 9.17) is 10.2 Å². The van der Waals surface area contributed by atoms with Gasteiger partial charge in [0.25, 0.3) is 5.91 Å². The van der Waals surface area contributed by atoms with Crippen LogP contribution in [0.15, 0.2) is 44.0 Å². The van der Waals surface area contributed by atoms with Crippen LogP contribution < -0.4 is 11.2 Å². The molecule has 0 bridgehead atoms. The molecule has 0 saturated carbocycles. The van der Waals surface area contributed by atoms with Crippen LogP contribution in [-0.2, 0) is 12.8 Å². The molecule has 1 amide bonds. The Morgan fingerprint density at radius 2 is 2.31 bits per heavy atom. The molecular weight excluding hydrogens is 402 g/mol. The molecule has 0 aliphatic heterocycles. The summed E-state index contributed by atoms with van der Waals surface area (Å²) < 4.78 is 12.7. The van der Waals surface area contributed by atoms with Gasteiger partial charge in [-0.1, -0.05) is 17.0 Å². The van der Waals surface area contributed by atoms with Gasteiger partial charge in [-0.25, -0.2) is 10.1 Å². The number of carbonyl (C=O) groups excluding carboxylic acids is 1. The Balaban J connectivity index is 1.60. The molecule has 0 unspecified atom stereocenters. The molecule has 148 valence electrons. The van der Waals surface area contributed by atoms with E-state index in [1.165, 1.54) is 28.9 Å². The van der Waals surface area contributed by atoms with Crippen LogP contribution in [0.5, 0.6) is 0 Å². The number of anilines is 1. The Morgan fingerprint density at radius 1 is 1.41 bits per heavy atom. The number of nitrogens with two attached hydrogens (primary N) is 1. The van der Waals surface area contributed by atoms with Gasteiger partial charge in [-0.15, -0.1) is 15.3 Å². The monoisotopic (exact) mass is 415 g/mol. The number of carbonyl (C=O) groups is 1. The van der Waals surface area contributed by atoms with Crippen molar-refractivity contribution in [1.82, 2.24) is 45.5 Å². The summed E-state index contributed by atoms with van der Waals surface area (Å²) in [5.74, 6) is 0.277. The summed E-state index contributed by atoms with van der Waals surface area (Å²) in [6.45, 7) is 0. The summed E-state index contributed by atoms with van der Waals surface area (Å²) in [4.78, 5) is 12.6. The van der Waals surface area contributed by atoms with Crippen molar-refractivity contribution in [3.8, 4) is 5.82 Å². The van der Waals surface area contributed by atoms with Gasteiger partial charge in [-0.2, -0.15) is 9.78 Å². The lowest BCUT2D eigenvalue weighted by atomic mass is 10.3. The van der Waals surface area contributed by atoms with E-state index in [2.05, 4.69) is 46.0 Å². The fourth-order valence-electron chi connectivity index (χ4n) is 2.22.